The molecule has 4 heterocycles. The summed E-state index contributed by atoms with van der Waals surface area (Å²) in [7, 11) is 0. The van der Waals surface area contributed by atoms with E-state index in [1.807, 2.05) is 31.2 Å². The average Bonchev–Trinajstić information content (AvgIpc) is 3.50. The Morgan fingerprint density at radius 3 is 2.46 bits per heavy atom. The highest BCUT2D eigenvalue weighted by molar-refractivity contribution is 5.94. The second-order valence-electron chi connectivity index (χ2n) is 10.4. The molecule has 0 radical (unpaired) electrons. The Hall–Kier alpha value is -3.52. The maximum atomic E-state index is 11.8. The molecule has 2 N–H and O–H groups in total. The predicted molar refractivity (Wildman–Crippen MR) is 135 cm³/mol. The van der Waals surface area contributed by atoms with Gasteiger partial charge in [-0.15, -0.1) is 0 Å². The van der Waals surface area contributed by atoms with Crippen molar-refractivity contribution in [3.05, 3.63) is 69.3 Å². The number of carboxylic acids is 1. The molecule has 0 amide bonds. The number of fused-ring (bicyclic) bond motifs is 3. The van der Waals surface area contributed by atoms with Crippen LogP contribution < -0.4 is 0 Å². The Labute approximate surface area is 233 Å². The molecule has 220 valence electrons. The number of piperazine rings is 1. The molecule has 0 saturated carbocycles. The highest BCUT2D eigenvalue weighted by Crippen LogP contribution is 2.32. The lowest BCUT2D eigenvalue weighted by atomic mass is 9.95. The Balaban J connectivity index is 0.000000431. The van der Waals surface area contributed by atoms with Crippen molar-refractivity contribution in [2.45, 2.75) is 44.6 Å². The third-order valence-electron chi connectivity index (χ3n) is 7.90. The van der Waals surface area contributed by atoms with Gasteiger partial charge in [-0.25, -0.2) is 14.4 Å². The number of carbonyl (C=O) groups excluding carboxylic acids is 2. The van der Waals surface area contributed by atoms with Gasteiger partial charge in [0, 0.05) is 49.9 Å². The summed E-state index contributed by atoms with van der Waals surface area (Å²) in [5, 5.41) is 18.1. The highest BCUT2D eigenvalue weighted by Gasteiger charge is 2.38. The van der Waals surface area contributed by atoms with E-state index >= 15 is 0 Å². The standard InChI is InChI=1S/C26H28N2O6.C2HF3O2/c1-15-19(4-5-21-22(15)14-34-26(21)31)23(29)10-27-6-7-28-11-24(32-13-18(28)9-27)16-2-3-20-17(8-16)12-33-25(20)30;3-2(4,5)1(6)7/h2-5,8,18,23-24,29H,6-7,9-14H2,1H3;(H,6,7)/t18-,23-,24-;/m0./s1. The molecule has 0 aliphatic carbocycles. The second kappa shape index (κ2) is 11.4. The smallest absolute Gasteiger partial charge is 0.475 e. The van der Waals surface area contributed by atoms with Gasteiger partial charge in [-0.1, -0.05) is 12.1 Å². The largest absolute Gasteiger partial charge is 0.490 e. The minimum absolute atomic E-state index is 0.0200. The third kappa shape index (κ3) is 6.08. The molecule has 2 fully saturated rings. The van der Waals surface area contributed by atoms with Crippen molar-refractivity contribution in [3.63, 3.8) is 0 Å². The van der Waals surface area contributed by atoms with E-state index < -0.39 is 18.2 Å². The normalized spacial score (nSPS) is 23.0. The first kappa shape index (κ1) is 29.0. The summed E-state index contributed by atoms with van der Waals surface area (Å²) >= 11 is 0. The van der Waals surface area contributed by atoms with Gasteiger partial charge < -0.3 is 24.4 Å². The zero-order valence-electron chi connectivity index (χ0n) is 22.1. The molecule has 0 bridgehead atoms. The number of ether oxygens (including phenoxy) is 3. The number of morpholine rings is 1. The number of cyclic esters (lactones) is 2. The number of β-amino-alcohol motifs (C(OH)–C–C–N with tert-alkyl or cyclic N) is 1. The molecule has 0 aromatic heterocycles. The summed E-state index contributed by atoms with van der Waals surface area (Å²) < 4.78 is 48.2. The number of carboxylic acid groups (broad SMARTS) is 1. The summed E-state index contributed by atoms with van der Waals surface area (Å²) in [6.45, 7) is 7.18. The van der Waals surface area contributed by atoms with Gasteiger partial charge in [0.2, 0.25) is 0 Å². The van der Waals surface area contributed by atoms with E-state index in [1.165, 1.54) is 0 Å². The highest BCUT2D eigenvalue weighted by atomic mass is 19.4. The first-order valence-electron chi connectivity index (χ1n) is 13.1. The topological polar surface area (TPSA) is 126 Å². The summed E-state index contributed by atoms with van der Waals surface area (Å²) in [6, 6.07) is 9.76. The van der Waals surface area contributed by atoms with E-state index in [4.69, 9.17) is 24.1 Å². The van der Waals surface area contributed by atoms with Gasteiger partial charge in [0.05, 0.1) is 29.9 Å². The van der Waals surface area contributed by atoms with E-state index in [0.29, 0.717) is 30.9 Å². The van der Waals surface area contributed by atoms with Crippen molar-refractivity contribution in [2.24, 2.45) is 0 Å². The van der Waals surface area contributed by atoms with Crippen LogP contribution in [-0.2, 0) is 32.2 Å². The Morgan fingerprint density at radius 2 is 1.73 bits per heavy atom. The van der Waals surface area contributed by atoms with Crippen LogP contribution in [0.4, 0.5) is 13.2 Å². The maximum absolute atomic E-state index is 11.8. The van der Waals surface area contributed by atoms with Crippen LogP contribution in [0.2, 0.25) is 0 Å². The molecule has 2 aromatic carbocycles. The Kier molecular flexibility index (Phi) is 8.06. The fourth-order valence-electron chi connectivity index (χ4n) is 5.64. The number of halogens is 3. The van der Waals surface area contributed by atoms with Gasteiger partial charge >= 0.3 is 24.1 Å². The zero-order chi connectivity index (χ0) is 29.5. The maximum Gasteiger partial charge on any atom is 0.490 e. The van der Waals surface area contributed by atoms with Crippen molar-refractivity contribution in [1.82, 2.24) is 9.80 Å². The summed E-state index contributed by atoms with van der Waals surface area (Å²) in [4.78, 5) is 37.2. The number of aliphatic hydroxyl groups is 1. The van der Waals surface area contributed by atoms with Gasteiger partial charge in [-0.2, -0.15) is 13.2 Å². The van der Waals surface area contributed by atoms with Gasteiger partial charge in [0.1, 0.15) is 13.2 Å². The molecule has 3 atom stereocenters. The number of carbonyl (C=O) groups is 3. The minimum atomic E-state index is -5.08. The average molecular weight is 579 g/mol. The van der Waals surface area contributed by atoms with E-state index in [2.05, 4.69) is 9.80 Å². The van der Waals surface area contributed by atoms with Crippen LogP contribution in [0.5, 0.6) is 0 Å². The quantitative estimate of drug-likeness (QED) is 0.523. The SMILES string of the molecule is Cc1c([C@@H](O)CN2CCN3C[C@@H](c4ccc5c(c4)COC5=O)OC[C@@H]3C2)ccc2c1COC2=O.O=C(O)C(F)(F)F. The van der Waals surface area contributed by atoms with Crippen LogP contribution in [0.1, 0.15) is 60.7 Å². The van der Waals surface area contributed by atoms with Crippen molar-refractivity contribution >= 4 is 17.9 Å². The molecule has 0 unspecified atom stereocenters. The molecule has 4 aliphatic rings. The lowest BCUT2D eigenvalue weighted by Gasteiger charge is -2.46. The molecule has 0 spiro atoms. The van der Waals surface area contributed by atoms with Gasteiger partial charge in [0.25, 0.3) is 0 Å². The number of benzene rings is 2. The molecular weight excluding hydrogens is 549 g/mol. The van der Waals surface area contributed by atoms with E-state index in [-0.39, 0.29) is 30.7 Å². The summed E-state index contributed by atoms with van der Waals surface area (Å²) in [5.41, 5.74) is 5.98. The minimum Gasteiger partial charge on any atom is -0.475 e. The molecule has 10 nitrogen and oxygen atoms in total. The number of alkyl halides is 3. The predicted octanol–water partition coefficient (Wildman–Crippen LogP) is 2.76. The van der Waals surface area contributed by atoms with Crippen LogP contribution in [0.3, 0.4) is 0 Å². The lowest BCUT2D eigenvalue weighted by molar-refractivity contribution is -0.192. The van der Waals surface area contributed by atoms with E-state index in [1.54, 1.807) is 6.07 Å². The zero-order valence-corrected chi connectivity index (χ0v) is 22.1. The van der Waals surface area contributed by atoms with E-state index in [0.717, 1.165) is 54.0 Å². The molecule has 6 rings (SSSR count). The first-order chi connectivity index (χ1) is 19.4. The van der Waals surface area contributed by atoms with Crippen LogP contribution in [0, 0.1) is 6.92 Å². The number of rotatable bonds is 4. The number of hydrogen-bond donors (Lipinski definition) is 2. The van der Waals surface area contributed by atoms with Gasteiger partial charge in [-0.05, 0) is 41.8 Å². The monoisotopic (exact) mass is 578 g/mol. The second-order valence-corrected chi connectivity index (χ2v) is 10.4. The number of aliphatic hydroxyl groups excluding tert-OH is 1. The van der Waals surface area contributed by atoms with Crippen molar-refractivity contribution in [3.8, 4) is 0 Å². The number of esters is 2. The third-order valence-corrected chi connectivity index (χ3v) is 7.90. The fraction of sp³-hybridized carbons (Fsp3) is 0.464. The number of aliphatic carboxylic acids is 1. The Bertz CT molecular complexity index is 1360. The molecule has 41 heavy (non-hydrogen) atoms. The van der Waals surface area contributed by atoms with E-state index in [9.17, 15) is 27.9 Å². The van der Waals surface area contributed by atoms with Crippen LogP contribution in [0.25, 0.3) is 0 Å². The molecule has 13 heteroatoms. The van der Waals surface area contributed by atoms with Crippen LogP contribution >= 0.6 is 0 Å². The number of hydrogen-bond acceptors (Lipinski definition) is 9. The van der Waals surface area contributed by atoms with Crippen molar-refractivity contribution < 1.29 is 52.0 Å². The molecule has 4 aliphatic heterocycles. The van der Waals surface area contributed by atoms with Crippen molar-refractivity contribution in [2.75, 3.05) is 39.3 Å². The first-order valence-corrected chi connectivity index (χ1v) is 13.1. The van der Waals surface area contributed by atoms with Crippen molar-refractivity contribution in [1.29, 1.82) is 0 Å². The number of nitrogens with zero attached hydrogens (tertiary/aromatic N) is 2. The molecule has 2 saturated heterocycles. The molecular formula is C28H29F3N2O8. The van der Waals surface area contributed by atoms with Crippen LogP contribution in [0.15, 0.2) is 30.3 Å². The van der Waals surface area contributed by atoms with Gasteiger partial charge in [0.15, 0.2) is 0 Å². The molecule has 2 aromatic rings. The summed E-state index contributed by atoms with van der Waals surface area (Å²) in [6.07, 6.45) is -5.73. The lowest BCUT2D eigenvalue weighted by Crippen LogP contribution is -2.58. The summed E-state index contributed by atoms with van der Waals surface area (Å²) in [5.74, 6) is -3.29. The van der Waals surface area contributed by atoms with Gasteiger partial charge in [-0.3, -0.25) is 9.80 Å². The Morgan fingerprint density at radius 1 is 1.05 bits per heavy atom. The fourth-order valence-corrected chi connectivity index (χ4v) is 5.64. The van der Waals surface area contributed by atoms with Crippen LogP contribution in [-0.4, -0.2) is 89.5 Å².